The summed E-state index contributed by atoms with van der Waals surface area (Å²) in [4.78, 5) is 72.3. The van der Waals surface area contributed by atoms with Crippen molar-refractivity contribution in [3.8, 4) is 0 Å². The van der Waals surface area contributed by atoms with E-state index in [4.69, 9.17) is 37.0 Å². The van der Waals surface area contributed by atoms with Gasteiger partial charge in [-0.15, -0.1) is 0 Å². The molecule has 0 aliphatic rings. The zero-order valence-corrected chi connectivity index (χ0v) is 57.2. The van der Waals surface area contributed by atoms with Crippen LogP contribution in [-0.4, -0.2) is 96.7 Å². The summed E-state index contributed by atoms with van der Waals surface area (Å²) in [5.41, 5.74) is 0. The number of esters is 4. The van der Waals surface area contributed by atoms with E-state index in [0.29, 0.717) is 25.7 Å². The van der Waals surface area contributed by atoms with Gasteiger partial charge in [-0.25, -0.2) is 9.13 Å². The van der Waals surface area contributed by atoms with Crippen LogP contribution < -0.4 is 0 Å². The second-order valence-corrected chi connectivity index (χ2v) is 27.6. The van der Waals surface area contributed by atoms with Crippen molar-refractivity contribution < 1.29 is 80.2 Å². The number of phosphoric acid groups is 2. The molecule has 17 nitrogen and oxygen atoms in total. The maximum absolute atomic E-state index is 13.0. The molecule has 0 saturated heterocycles. The molecule has 5 atom stereocenters. The molecule has 0 aromatic carbocycles. The van der Waals surface area contributed by atoms with Gasteiger partial charge >= 0.3 is 39.5 Å². The number of carbonyl (C=O) groups excluding carboxylic acids is 4. The average Bonchev–Trinajstić information content (AvgIpc) is 3.70. The lowest BCUT2D eigenvalue weighted by atomic mass is 10.0. The first kappa shape index (κ1) is 84.1. The molecular formula is C67H130O17P2. The van der Waals surface area contributed by atoms with Crippen LogP contribution in [0.25, 0.3) is 0 Å². The predicted molar refractivity (Wildman–Crippen MR) is 345 cm³/mol. The van der Waals surface area contributed by atoms with Crippen LogP contribution in [0.4, 0.5) is 0 Å². The van der Waals surface area contributed by atoms with Crippen LogP contribution in [0.15, 0.2) is 0 Å². The highest BCUT2D eigenvalue weighted by molar-refractivity contribution is 7.47. The number of unbranched alkanes of at least 4 members (excludes halogenated alkanes) is 39. The van der Waals surface area contributed by atoms with Crippen LogP contribution in [-0.2, 0) is 65.4 Å². The van der Waals surface area contributed by atoms with Crippen molar-refractivity contribution in [3.05, 3.63) is 0 Å². The summed E-state index contributed by atoms with van der Waals surface area (Å²) in [5.74, 6) is -1.33. The zero-order chi connectivity index (χ0) is 63.5. The molecular weight excluding hydrogens is 1140 g/mol. The molecule has 0 bridgehead atoms. The van der Waals surface area contributed by atoms with Gasteiger partial charge in [0.25, 0.3) is 0 Å². The molecule has 19 heteroatoms. The van der Waals surface area contributed by atoms with Gasteiger partial charge in [0.15, 0.2) is 12.2 Å². The van der Waals surface area contributed by atoms with Gasteiger partial charge in [-0.3, -0.25) is 37.3 Å². The molecule has 0 radical (unpaired) electrons. The van der Waals surface area contributed by atoms with Crippen LogP contribution in [0.1, 0.15) is 343 Å². The van der Waals surface area contributed by atoms with Gasteiger partial charge in [0.2, 0.25) is 0 Å². The van der Waals surface area contributed by atoms with Gasteiger partial charge in [-0.1, -0.05) is 291 Å². The van der Waals surface area contributed by atoms with Crippen molar-refractivity contribution in [2.75, 3.05) is 39.6 Å². The number of phosphoric ester groups is 2. The van der Waals surface area contributed by atoms with E-state index in [1.807, 2.05) is 0 Å². The molecule has 0 rings (SSSR count). The molecule has 0 amide bonds. The largest absolute Gasteiger partial charge is 0.472 e. The fourth-order valence-corrected chi connectivity index (χ4v) is 11.7. The third-order valence-corrected chi connectivity index (χ3v) is 17.4. The van der Waals surface area contributed by atoms with Crippen LogP contribution in [0.5, 0.6) is 0 Å². The van der Waals surface area contributed by atoms with Gasteiger partial charge < -0.3 is 33.8 Å². The fourth-order valence-electron chi connectivity index (χ4n) is 10.1. The molecule has 3 N–H and O–H groups in total. The van der Waals surface area contributed by atoms with Crippen LogP contribution >= 0.6 is 15.6 Å². The minimum Gasteiger partial charge on any atom is -0.462 e. The average molecular weight is 1270 g/mol. The minimum atomic E-state index is -4.95. The number of hydrogen-bond donors (Lipinski definition) is 3. The summed E-state index contributed by atoms with van der Waals surface area (Å²) < 4.78 is 68.1. The van der Waals surface area contributed by atoms with E-state index in [1.54, 1.807) is 0 Å². The Morgan fingerprint density at radius 3 is 0.791 bits per heavy atom. The summed E-state index contributed by atoms with van der Waals surface area (Å²) in [5, 5.41) is 10.5. The van der Waals surface area contributed by atoms with E-state index < -0.39 is 97.5 Å². The molecule has 0 aromatic heterocycles. The number of rotatable bonds is 67. The molecule has 0 aliphatic heterocycles. The van der Waals surface area contributed by atoms with E-state index in [0.717, 1.165) is 95.8 Å². The normalized spacial score (nSPS) is 14.2. The van der Waals surface area contributed by atoms with Crippen LogP contribution in [0.3, 0.4) is 0 Å². The van der Waals surface area contributed by atoms with E-state index in [1.165, 1.54) is 167 Å². The summed E-state index contributed by atoms with van der Waals surface area (Å²) in [7, 11) is -9.89. The van der Waals surface area contributed by atoms with E-state index in [9.17, 15) is 43.2 Å². The molecule has 0 aromatic rings. The Morgan fingerprint density at radius 1 is 0.314 bits per heavy atom. The smallest absolute Gasteiger partial charge is 0.462 e. The monoisotopic (exact) mass is 1270 g/mol. The van der Waals surface area contributed by atoms with Crippen LogP contribution in [0.2, 0.25) is 0 Å². The summed E-state index contributed by atoms with van der Waals surface area (Å²) in [6.07, 6.45) is 45.7. The second-order valence-electron chi connectivity index (χ2n) is 24.7. The first-order chi connectivity index (χ1) is 41.5. The lowest BCUT2D eigenvalue weighted by Crippen LogP contribution is -2.30. The van der Waals surface area contributed by atoms with Gasteiger partial charge in [0.1, 0.15) is 19.3 Å². The maximum atomic E-state index is 13.0. The molecule has 0 aliphatic carbocycles. The summed E-state index contributed by atoms with van der Waals surface area (Å²) >= 11 is 0. The standard InChI is InChI=1S/C67H130O17P2/c1-6-9-12-15-18-21-26-32-36-41-46-51-65(70)78-57-63(84-67(72)53-48-43-38-33-28-25-23-22-24-27-31-34-39-44-49-60(4)5)59-82-86(75,76)80-55-61(68)54-79-85(73,74)81-58-62(83-66(71)52-47-42-37-30-20-17-14-11-8-3)56-77-64(69)50-45-40-35-29-19-16-13-10-7-2/h60-63,68H,6-59H2,1-5H3,(H,73,74)(H,75,76)/t61-,62+,63+/m0/s1. The highest BCUT2D eigenvalue weighted by Crippen LogP contribution is 2.45. The number of aliphatic hydroxyl groups excluding tert-OH is 1. The van der Waals surface area contributed by atoms with Gasteiger partial charge in [-0.05, 0) is 31.6 Å². The SMILES string of the molecule is CCCCCCCCCCCCCC(=O)OC[C@H](COP(=O)(O)OC[C@@H](O)COP(=O)(O)OC[C@@H](COC(=O)CCCCCCCCCCC)OC(=O)CCCCCCCCCCC)OC(=O)CCCCCCCCCCCCCCCCC(C)C. The number of ether oxygens (including phenoxy) is 4. The van der Waals surface area contributed by atoms with E-state index in [2.05, 4.69) is 34.6 Å². The van der Waals surface area contributed by atoms with Crippen molar-refractivity contribution in [1.29, 1.82) is 0 Å². The molecule has 0 saturated carbocycles. The predicted octanol–water partition coefficient (Wildman–Crippen LogP) is 19.0. The Kier molecular flexibility index (Phi) is 59.2. The van der Waals surface area contributed by atoms with Crippen molar-refractivity contribution in [2.24, 2.45) is 5.92 Å². The van der Waals surface area contributed by atoms with Gasteiger partial charge in [0.05, 0.1) is 26.4 Å². The quantitative estimate of drug-likeness (QED) is 0.0222. The number of aliphatic hydroxyl groups is 1. The lowest BCUT2D eigenvalue weighted by molar-refractivity contribution is -0.161. The first-order valence-electron chi connectivity index (χ1n) is 35.1. The molecule has 0 spiro atoms. The molecule has 86 heavy (non-hydrogen) atoms. The molecule has 510 valence electrons. The van der Waals surface area contributed by atoms with Gasteiger partial charge in [-0.2, -0.15) is 0 Å². The van der Waals surface area contributed by atoms with E-state index >= 15 is 0 Å². The Bertz CT molecular complexity index is 1670. The molecule has 0 fully saturated rings. The van der Waals surface area contributed by atoms with Gasteiger partial charge in [0, 0.05) is 25.7 Å². The van der Waals surface area contributed by atoms with Crippen molar-refractivity contribution in [3.63, 3.8) is 0 Å². The zero-order valence-electron chi connectivity index (χ0n) is 55.4. The molecule has 2 unspecified atom stereocenters. The number of carbonyl (C=O) groups is 4. The Hall–Kier alpha value is -1.94. The third-order valence-electron chi connectivity index (χ3n) is 15.5. The topological polar surface area (TPSA) is 237 Å². The minimum absolute atomic E-state index is 0.106. The Morgan fingerprint density at radius 2 is 0.535 bits per heavy atom. The molecule has 0 heterocycles. The highest BCUT2D eigenvalue weighted by atomic mass is 31.2. The van der Waals surface area contributed by atoms with Crippen molar-refractivity contribution in [2.45, 2.75) is 361 Å². The van der Waals surface area contributed by atoms with Crippen molar-refractivity contribution in [1.82, 2.24) is 0 Å². The lowest BCUT2D eigenvalue weighted by Gasteiger charge is -2.21. The second kappa shape index (κ2) is 60.6. The Labute approximate surface area is 524 Å². The van der Waals surface area contributed by atoms with Crippen molar-refractivity contribution >= 4 is 39.5 Å². The number of hydrogen-bond acceptors (Lipinski definition) is 15. The van der Waals surface area contributed by atoms with E-state index in [-0.39, 0.29) is 25.7 Å². The Balaban J connectivity index is 5.20. The fraction of sp³-hybridized carbons (Fsp3) is 0.940. The first-order valence-corrected chi connectivity index (χ1v) is 38.1. The third kappa shape index (κ3) is 60.9. The summed E-state index contributed by atoms with van der Waals surface area (Å²) in [6.45, 7) is 7.21. The van der Waals surface area contributed by atoms with Crippen LogP contribution in [0, 0.1) is 5.92 Å². The highest BCUT2D eigenvalue weighted by Gasteiger charge is 2.30. The maximum Gasteiger partial charge on any atom is 0.472 e. The summed E-state index contributed by atoms with van der Waals surface area (Å²) in [6, 6.07) is 0.